The number of carbonyl (C=O) groups excluding carboxylic acids is 1. The number of carboxylic acid groups (broad SMARTS) is 1. The van der Waals surface area contributed by atoms with Gasteiger partial charge >= 0.3 is 11.9 Å². The van der Waals surface area contributed by atoms with Crippen molar-refractivity contribution in [3.63, 3.8) is 0 Å². The summed E-state index contributed by atoms with van der Waals surface area (Å²) in [7, 11) is 0. The van der Waals surface area contributed by atoms with Crippen molar-refractivity contribution >= 4 is 34.7 Å². The van der Waals surface area contributed by atoms with E-state index in [1.807, 2.05) is 6.92 Å². The van der Waals surface area contributed by atoms with Gasteiger partial charge in [0.05, 0.1) is 17.3 Å². The summed E-state index contributed by atoms with van der Waals surface area (Å²) in [4.78, 5) is 34.7. The van der Waals surface area contributed by atoms with Crippen molar-refractivity contribution in [3.05, 3.63) is 18.1 Å². The Hall–Kier alpha value is -3.12. The minimum atomic E-state index is -2.31. The molecule has 2 aromatic heterocycles. The van der Waals surface area contributed by atoms with Crippen LogP contribution >= 0.6 is 0 Å². The summed E-state index contributed by atoms with van der Waals surface area (Å²) < 4.78 is 18.5. The molecule has 30 heavy (non-hydrogen) atoms. The lowest BCUT2D eigenvalue weighted by Crippen LogP contribution is -2.45. The number of fused-ring (bicyclic) bond motifs is 1. The Balaban J connectivity index is 2.26. The van der Waals surface area contributed by atoms with Crippen LogP contribution < -0.4 is 11.1 Å². The van der Waals surface area contributed by atoms with Gasteiger partial charge in [-0.25, -0.2) is 23.9 Å². The molecule has 0 saturated carbocycles. The number of nitrogens with zero attached hydrogens (tertiary/aromatic N) is 3. The summed E-state index contributed by atoms with van der Waals surface area (Å²) in [6, 6.07) is 1.15. The van der Waals surface area contributed by atoms with E-state index in [9.17, 15) is 24.2 Å². The maximum Gasteiger partial charge on any atom is 0.338 e. The minimum Gasteiger partial charge on any atom is -0.479 e. The second kappa shape index (κ2) is 9.59. The Morgan fingerprint density at radius 1 is 1.33 bits per heavy atom. The molecule has 0 aromatic carbocycles. The minimum absolute atomic E-state index is 0.118. The van der Waals surface area contributed by atoms with Crippen LogP contribution in [-0.4, -0.2) is 66.6 Å². The zero-order valence-electron chi connectivity index (χ0n) is 16.5. The normalized spacial score (nSPS) is 15.2. The fraction of sp³-hybridized carbons (Fsp3) is 0.500. The molecule has 0 fully saturated rings. The SMILES string of the molecule is CCCC[C@](C)(COC(=O)C(O)C(O)C(=O)O)Nc1nc(N)nc2cc(F)cnc12. The molecule has 2 heterocycles. The van der Waals surface area contributed by atoms with Gasteiger partial charge < -0.3 is 31.1 Å². The Kier molecular flexibility index (Phi) is 7.40. The molecule has 2 aromatic rings. The molecule has 0 aliphatic carbocycles. The third-order valence-electron chi connectivity index (χ3n) is 4.35. The highest BCUT2D eigenvalue weighted by molar-refractivity contribution is 5.86. The highest BCUT2D eigenvalue weighted by Crippen LogP contribution is 2.26. The monoisotopic (exact) mass is 425 g/mol. The highest BCUT2D eigenvalue weighted by Gasteiger charge is 2.34. The fourth-order valence-corrected chi connectivity index (χ4v) is 2.70. The van der Waals surface area contributed by atoms with Crippen molar-refractivity contribution in [2.45, 2.75) is 50.9 Å². The van der Waals surface area contributed by atoms with Crippen molar-refractivity contribution in [3.8, 4) is 0 Å². The zero-order valence-corrected chi connectivity index (χ0v) is 16.5. The largest absolute Gasteiger partial charge is 0.479 e. The molecule has 6 N–H and O–H groups in total. The first-order valence-corrected chi connectivity index (χ1v) is 9.19. The molecule has 11 nitrogen and oxygen atoms in total. The Morgan fingerprint density at radius 2 is 2.03 bits per heavy atom. The first-order chi connectivity index (χ1) is 14.1. The Morgan fingerprint density at radius 3 is 2.67 bits per heavy atom. The summed E-state index contributed by atoms with van der Waals surface area (Å²) in [5, 5.41) is 30.7. The molecule has 0 aliphatic rings. The van der Waals surface area contributed by atoms with Crippen LogP contribution in [0.25, 0.3) is 11.0 Å². The van der Waals surface area contributed by atoms with Crippen LogP contribution in [0.3, 0.4) is 0 Å². The van der Waals surface area contributed by atoms with Crippen LogP contribution in [-0.2, 0) is 14.3 Å². The van der Waals surface area contributed by atoms with Gasteiger partial charge in [0.15, 0.2) is 18.0 Å². The fourth-order valence-electron chi connectivity index (χ4n) is 2.70. The number of nitrogens with one attached hydrogen (secondary N) is 1. The zero-order chi connectivity index (χ0) is 22.5. The topological polar surface area (TPSA) is 181 Å². The van der Waals surface area contributed by atoms with Crippen molar-refractivity contribution in [2.24, 2.45) is 0 Å². The number of carbonyl (C=O) groups is 2. The molecule has 164 valence electrons. The maximum atomic E-state index is 13.5. The van der Waals surface area contributed by atoms with E-state index < -0.39 is 35.5 Å². The molecule has 0 bridgehead atoms. The van der Waals surface area contributed by atoms with E-state index in [0.29, 0.717) is 6.42 Å². The predicted molar refractivity (Wildman–Crippen MR) is 104 cm³/mol. The van der Waals surface area contributed by atoms with Gasteiger partial charge in [-0.2, -0.15) is 4.98 Å². The number of aliphatic hydroxyl groups excluding tert-OH is 2. The molecule has 3 atom stereocenters. The van der Waals surface area contributed by atoms with E-state index in [2.05, 4.69) is 20.3 Å². The standard InChI is InChI=1S/C18H24FN5O6/c1-3-4-5-18(2,8-30-16(29)13(26)12(25)15(27)28)24-14-11-10(22-17(20)23-14)6-9(19)7-21-11/h6-7,12-13,25-26H,3-5,8H2,1-2H3,(H,27,28)(H3,20,22,23,24)/t12?,13?,18-/m1/s1. The number of ether oxygens (including phenoxy) is 1. The number of rotatable bonds is 10. The van der Waals surface area contributed by atoms with Crippen LogP contribution in [0.15, 0.2) is 12.3 Å². The number of aliphatic carboxylic acids is 1. The number of anilines is 2. The molecular formula is C18H24FN5O6. The first-order valence-electron chi connectivity index (χ1n) is 9.19. The van der Waals surface area contributed by atoms with Gasteiger partial charge in [0.1, 0.15) is 17.9 Å². The van der Waals surface area contributed by atoms with E-state index >= 15 is 0 Å². The lowest BCUT2D eigenvalue weighted by molar-refractivity contribution is -0.170. The number of nitrogens with two attached hydrogens (primary N) is 1. The third-order valence-corrected chi connectivity index (χ3v) is 4.35. The number of aliphatic hydroxyl groups is 2. The number of carboxylic acids is 1. The summed E-state index contributed by atoms with van der Waals surface area (Å²) in [6.45, 7) is 3.38. The molecule has 0 radical (unpaired) electrons. The van der Waals surface area contributed by atoms with Crippen LogP contribution in [0.5, 0.6) is 0 Å². The quantitative estimate of drug-likeness (QED) is 0.333. The van der Waals surface area contributed by atoms with Gasteiger partial charge in [0, 0.05) is 6.07 Å². The maximum absolute atomic E-state index is 13.5. The Bertz CT molecular complexity index is 924. The lowest BCUT2D eigenvalue weighted by Gasteiger charge is -2.31. The molecule has 0 aliphatic heterocycles. The average Bonchev–Trinajstić information content (AvgIpc) is 2.68. The van der Waals surface area contributed by atoms with E-state index in [-0.39, 0.29) is 29.4 Å². The average molecular weight is 425 g/mol. The third kappa shape index (κ3) is 5.70. The number of pyridine rings is 1. The predicted octanol–water partition coefficient (Wildman–Crippen LogP) is 0.456. The van der Waals surface area contributed by atoms with Crippen LogP contribution in [0.4, 0.5) is 16.2 Å². The van der Waals surface area contributed by atoms with Crippen LogP contribution in [0, 0.1) is 5.82 Å². The van der Waals surface area contributed by atoms with Gasteiger partial charge in [-0.1, -0.05) is 19.8 Å². The van der Waals surface area contributed by atoms with Gasteiger partial charge in [-0.05, 0) is 13.3 Å². The van der Waals surface area contributed by atoms with E-state index in [1.54, 1.807) is 6.92 Å². The van der Waals surface area contributed by atoms with Crippen molar-refractivity contribution in [1.82, 2.24) is 15.0 Å². The molecule has 2 rings (SSSR count). The summed E-state index contributed by atoms with van der Waals surface area (Å²) >= 11 is 0. The van der Waals surface area contributed by atoms with Crippen LogP contribution in [0.1, 0.15) is 33.1 Å². The van der Waals surface area contributed by atoms with E-state index in [0.717, 1.165) is 25.1 Å². The number of halogens is 1. The van der Waals surface area contributed by atoms with Gasteiger partial charge in [-0.3, -0.25) is 0 Å². The number of nitrogen functional groups attached to an aromatic ring is 1. The number of unbranched alkanes of at least 4 members (excludes halogenated alkanes) is 1. The Labute approximate surface area is 171 Å². The first kappa shape index (κ1) is 23.2. The van der Waals surface area contributed by atoms with Crippen molar-refractivity contribution in [1.29, 1.82) is 0 Å². The van der Waals surface area contributed by atoms with Gasteiger partial charge in [0.2, 0.25) is 5.95 Å². The number of esters is 1. The second-order valence-corrected chi connectivity index (χ2v) is 7.08. The molecule has 12 heteroatoms. The van der Waals surface area contributed by atoms with E-state index in [4.69, 9.17) is 15.6 Å². The van der Waals surface area contributed by atoms with E-state index in [1.165, 1.54) is 0 Å². The van der Waals surface area contributed by atoms with Crippen molar-refractivity contribution < 1.29 is 34.0 Å². The number of aromatic nitrogens is 3. The lowest BCUT2D eigenvalue weighted by atomic mass is 9.95. The number of hydrogen-bond acceptors (Lipinski definition) is 10. The smallest absolute Gasteiger partial charge is 0.338 e. The molecule has 2 unspecified atom stereocenters. The molecule has 0 amide bonds. The van der Waals surface area contributed by atoms with Gasteiger partial charge in [-0.15, -0.1) is 0 Å². The molecular weight excluding hydrogens is 401 g/mol. The second-order valence-electron chi connectivity index (χ2n) is 7.08. The van der Waals surface area contributed by atoms with Gasteiger partial charge in [0.25, 0.3) is 0 Å². The summed E-state index contributed by atoms with van der Waals surface area (Å²) in [5.74, 6) is -3.57. The van der Waals surface area contributed by atoms with Crippen LogP contribution in [0.2, 0.25) is 0 Å². The molecule has 0 spiro atoms. The highest BCUT2D eigenvalue weighted by atomic mass is 19.1. The summed E-state index contributed by atoms with van der Waals surface area (Å²) in [5.41, 5.74) is 5.21. The molecule has 0 saturated heterocycles. The van der Waals surface area contributed by atoms with Crippen molar-refractivity contribution in [2.75, 3.05) is 17.7 Å². The summed E-state index contributed by atoms with van der Waals surface area (Å²) in [6.07, 6.45) is -1.51. The number of hydrogen-bond donors (Lipinski definition) is 5.